The van der Waals surface area contributed by atoms with Gasteiger partial charge in [0, 0.05) is 19.3 Å². The molecule has 0 rings (SSSR count). The number of ether oxygens (including phenoxy) is 2. The van der Waals surface area contributed by atoms with Crippen LogP contribution >= 0.6 is 0 Å². The summed E-state index contributed by atoms with van der Waals surface area (Å²) in [4.78, 5) is 35.4. The molecule has 1 N–H and O–H groups in total. The van der Waals surface area contributed by atoms with E-state index in [1.165, 1.54) is 44.9 Å². The van der Waals surface area contributed by atoms with Crippen molar-refractivity contribution in [1.29, 1.82) is 0 Å². The molecule has 0 aliphatic heterocycles. The van der Waals surface area contributed by atoms with Crippen LogP contribution in [0.15, 0.2) is 48.6 Å². The molecular weight excluding hydrogens is 552 g/mol. The van der Waals surface area contributed by atoms with E-state index in [2.05, 4.69) is 39.0 Å². The maximum absolute atomic E-state index is 11.9. The second-order valence-corrected chi connectivity index (χ2v) is 11.9. The molecule has 0 bridgehead atoms. The fourth-order valence-electron chi connectivity index (χ4n) is 4.48. The summed E-state index contributed by atoms with van der Waals surface area (Å²) in [6.45, 7) is 6.40. The lowest BCUT2D eigenvalue weighted by atomic mass is 9.99. The minimum Gasteiger partial charge on any atom is -0.463 e. The van der Waals surface area contributed by atoms with Gasteiger partial charge in [-0.2, -0.15) is 0 Å². The predicted octanol–water partition coefficient (Wildman–Crippen LogP) is 9.71. The third-order valence-corrected chi connectivity index (χ3v) is 7.58. The predicted molar refractivity (Wildman–Crippen MR) is 182 cm³/mol. The van der Waals surface area contributed by atoms with Crippen LogP contribution in [-0.2, 0) is 23.9 Å². The Morgan fingerprint density at radius 3 is 1.82 bits per heavy atom. The molecule has 0 aromatic carbocycles. The lowest BCUT2D eigenvalue weighted by Crippen LogP contribution is -2.25. The molecule has 6 heteroatoms. The van der Waals surface area contributed by atoms with Crippen LogP contribution in [0.5, 0.6) is 0 Å². The highest BCUT2D eigenvalue weighted by molar-refractivity contribution is 5.89. The van der Waals surface area contributed by atoms with E-state index in [0.717, 1.165) is 63.7 Å². The first-order valence-electron chi connectivity index (χ1n) is 17.5. The van der Waals surface area contributed by atoms with E-state index in [-0.39, 0.29) is 37.4 Å². The van der Waals surface area contributed by atoms with E-state index in [9.17, 15) is 19.5 Å². The van der Waals surface area contributed by atoms with Gasteiger partial charge in [-0.25, -0.2) is 0 Å². The number of ketones is 1. The first kappa shape index (κ1) is 41.5. The molecule has 2 atom stereocenters. The zero-order chi connectivity index (χ0) is 32.5. The van der Waals surface area contributed by atoms with Gasteiger partial charge in [0.25, 0.3) is 0 Å². The normalized spacial score (nSPS) is 13.4. The molecule has 0 aromatic rings. The zero-order valence-corrected chi connectivity index (χ0v) is 28.3. The van der Waals surface area contributed by atoms with Crippen molar-refractivity contribution in [2.75, 3.05) is 13.2 Å². The molecule has 0 aliphatic carbocycles. The molecule has 0 spiro atoms. The lowest BCUT2D eigenvalue weighted by Gasteiger charge is -2.12. The molecule has 1 unspecified atom stereocenters. The van der Waals surface area contributed by atoms with E-state index in [0.29, 0.717) is 19.3 Å². The number of carbonyl (C=O) groups is 3. The first-order valence-corrected chi connectivity index (χ1v) is 17.5. The molecule has 44 heavy (non-hydrogen) atoms. The van der Waals surface area contributed by atoms with Crippen LogP contribution in [0.4, 0.5) is 0 Å². The van der Waals surface area contributed by atoms with Crippen LogP contribution in [0.1, 0.15) is 149 Å². The van der Waals surface area contributed by atoms with Crippen molar-refractivity contribution in [3.05, 3.63) is 48.6 Å². The van der Waals surface area contributed by atoms with Crippen molar-refractivity contribution in [1.82, 2.24) is 0 Å². The Bertz CT molecular complexity index is 825. The Kier molecular flexibility index (Phi) is 30.1. The van der Waals surface area contributed by atoms with Crippen LogP contribution in [0, 0.1) is 5.92 Å². The third-order valence-electron chi connectivity index (χ3n) is 7.58. The number of esters is 2. The molecule has 0 heterocycles. The van der Waals surface area contributed by atoms with E-state index in [4.69, 9.17) is 9.47 Å². The van der Waals surface area contributed by atoms with Crippen molar-refractivity contribution < 1.29 is 29.0 Å². The fraction of sp³-hybridized carbons (Fsp3) is 0.711. The summed E-state index contributed by atoms with van der Waals surface area (Å²) < 4.78 is 10.2. The van der Waals surface area contributed by atoms with Crippen LogP contribution in [0.25, 0.3) is 0 Å². The topological polar surface area (TPSA) is 89.9 Å². The highest BCUT2D eigenvalue weighted by Gasteiger charge is 2.12. The van der Waals surface area contributed by atoms with E-state index >= 15 is 0 Å². The number of aliphatic hydroxyl groups is 1. The smallest absolute Gasteiger partial charge is 0.305 e. The van der Waals surface area contributed by atoms with Gasteiger partial charge in [-0.1, -0.05) is 134 Å². The Labute approximate surface area is 269 Å². The van der Waals surface area contributed by atoms with Crippen molar-refractivity contribution in [3.8, 4) is 0 Å². The SMILES string of the molecule is CCCCCC(=O)/C=C/C=C\C/C=C\C/C=C\CCCC(=O)OC[C@H](O)COC(=O)CCCCCCCCCCC(C)CC. The van der Waals surface area contributed by atoms with E-state index in [1.54, 1.807) is 6.08 Å². The second kappa shape index (κ2) is 31.9. The molecule has 0 fully saturated rings. The summed E-state index contributed by atoms with van der Waals surface area (Å²) >= 11 is 0. The van der Waals surface area contributed by atoms with Gasteiger partial charge >= 0.3 is 11.9 Å². The Morgan fingerprint density at radius 1 is 0.636 bits per heavy atom. The maximum atomic E-state index is 11.9. The highest BCUT2D eigenvalue weighted by Crippen LogP contribution is 2.15. The van der Waals surface area contributed by atoms with Crippen molar-refractivity contribution >= 4 is 17.7 Å². The Morgan fingerprint density at radius 2 is 1.18 bits per heavy atom. The van der Waals surface area contributed by atoms with Crippen molar-refractivity contribution in [2.24, 2.45) is 5.92 Å². The van der Waals surface area contributed by atoms with Crippen LogP contribution < -0.4 is 0 Å². The molecule has 0 saturated heterocycles. The monoisotopic (exact) mass is 616 g/mol. The Balaban J connectivity index is 3.64. The molecule has 6 nitrogen and oxygen atoms in total. The summed E-state index contributed by atoms with van der Waals surface area (Å²) in [6, 6.07) is 0. The molecule has 0 aliphatic rings. The minimum absolute atomic E-state index is 0.149. The highest BCUT2D eigenvalue weighted by atomic mass is 16.6. The number of rotatable bonds is 30. The minimum atomic E-state index is -1.00. The summed E-state index contributed by atoms with van der Waals surface area (Å²) in [5.74, 6) is 0.369. The van der Waals surface area contributed by atoms with Crippen LogP contribution in [0.2, 0.25) is 0 Å². The fourth-order valence-corrected chi connectivity index (χ4v) is 4.48. The number of carbonyl (C=O) groups excluding carboxylic acids is 3. The molecular formula is C38H64O6. The maximum Gasteiger partial charge on any atom is 0.305 e. The molecule has 0 aromatic heterocycles. The standard InChI is InChI=1S/C38H64O6/c1-4-6-22-28-35(39)29-24-19-15-10-8-7-9-11-16-20-25-30-37(41)43-32-36(40)33-44-38(42)31-26-21-17-13-12-14-18-23-27-34(3)5-2/h7-8,11,15-16,19,24,29,34,36,40H,4-6,9-10,12-14,17-18,20-23,25-28,30-33H2,1-3H3/b8-7-,16-11-,19-15-,29-24+/t34?,36-/m0/s1. The lowest BCUT2D eigenvalue weighted by molar-refractivity contribution is -0.152. The van der Waals surface area contributed by atoms with Gasteiger partial charge in [0.1, 0.15) is 19.3 Å². The van der Waals surface area contributed by atoms with Gasteiger partial charge in [-0.3, -0.25) is 14.4 Å². The molecule has 0 saturated carbocycles. The third kappa shape index (κ3) is 31.0. The molecule has 0 amide bonds. The number of unbranched alkanes of at least 4 members (excludes halogenated alkanes) is 10. The van der Waals surface area contributed by atoms with E-state index < -0.39 is 6.10 Å². The molecule has 0 radical (unpaired) electrons. The summed E-state index contributed by atoms with van der Waals surface area (Å²) in [6.07, 6.45) is 34.3. The quantitative estimate of drug-likeness (QED) is 0.0284. The Hall–Kier alpha value is -2.47. The van der Waals surface area contributed by atoms with Crippen LogP contribution in [-0.4, -0.2) is 42.1 Å². The number of aliphatic hydroxyl groups excluding tert-OH is 1. The van der Waals surface area contributed by atoms with Crippen LogP contribution in [0.3, 0.4) is 0 Å². The van der Waals surface area contributed by atoms with Gasteiger partial charge in [0.05, 0.1) is 0 Å². The molecule has 252 valence electrons. The number of hydrogen-bond donors (Lipinski definition) is 1. The number of hydrogen-bond acceptors (Lipinski definition) is 6. The van der Waals surface area contributed by atoms with Crippen molar-refractivity contribution in [3.63, 3.8) is 0 Å². The average Bonchev–Trinajstić information content (AvgIpc) is 3.01. The van der Waals surface area contributed by atoms with Gasteiger partial charge in [0.15, 0.2) is 5.78 Å². The summed E-state index contributed by atoms with van der Waals surface area (Å²) in [7, 11) is 0. The zero-order valence-electron chi connectivity index (χ0n) is 28.3. The largest absolute Gasteiger partial charge is 0.463 e. The van der Waals surface area contributed by atoms with Gasteiger partial charge in [0.2, 0.25) is 0 Å². The van der Waals surface area contributed by atoms with E-state index in [1.807, 2.05) is 24.3 Å². The van der Waals surface area contributed by atoms with Crippen molar-refractivity contribution in [2.45, 2.75) is 155 Å². The average molecular weight is 617 g/mol. The van der Waals surface area contributed by atoms with Gasteiger partial charge in [-0.15, -0.1) is 0 Å². The second-order valence-electron chi connectivity index (χ2n) is 11.9. The summed E-state index contributed by atoms with van der Waals surface area (Å²) in [5, 5.41) is 9.96. The summed E-state index contributed by atoms with van der Waals surface area (Å²) in [5.41, 5.74) is 0. The van der Waals surface area contributed by atoms with Gasteiger partial charge < -0.3 is 14.6 Å². The van der Waals surface area contributed by atoms with Gasteiger partial charge in [-0.05, 0) is 50.5 Å². The first-order chi connectivity index (χ1) is 21.4. The number of allylic oxidation sites excluding steroid dienone is 8.